The molecule has 0 radical (unpaired) electrons. The van der Waals surface area contributed by atoms with Gasteiger partial charge in [-0.1, -0.05) is 60.7 Å². The molecule has 0 bridgehead atoms. The van der Waals surface area contributed by atoms with Crippen LogP contribution in [0.25, 0.3) is 11.5 Å². The van der Waals surface area contributed by atoms with Gasteiger partial charge < -0.3 is 14.5 Å². The minimum Gasteiger partial charge on any atom is -0.497 e. The molecule has 4 aromatic rings. The Morgan fingerprint density at radius 1 is 0.912 bits per heavy atom. The minimum absolute atomic E-state index is 0.128. The Balaban J connectivity index is 1.43. The van der Waals surface area contributed by atoms with Crippen LogP contribution in [0.2, 0.25) is 0 Å². The maximum Gasteiger partial charge on any atom is 0.325 e. The van der Waals surface area contributed by atoms with Gasteiger partial charge in [0.1, 0.15) is 12.3 Å². The maximum absolute atomic E-state index is 13.7. The molecule has 2 heterocycles. The number of methoxy groups -OCH3 is 1. The van der Waals surface area contributed by atoms with Gasteiger partial charge in [-0.15, -0.1) is 10.2 Å². The van der Waals surface area contributed by atoms with Gasteiger partial charge in [0.25, 0.3) is 5.91 Å². The molecule has 0 unspecified atom stereocenters. The summed E-state index contributed by atoms with van der Waals surface area (Å²) in [5.74, 6) is 0.802. The van der Waals surface area contributed by atoms with Gasteiger partial charge in [0, 0.05) is 12.0 Å². The number of nitrogens with one attached hydrogen (secondary N) is 1. The van der Waals surface area contributed by atoms with E-state index in [1.54, 1.807) is 31.4 Å². The van der Waals surface area contributed by atoms with Gasteiger partial charge in [0.2, 0.25) is 11.8 Å². The predicted molar refractivity (Wildman–Crippen MR) is 124 cm³/mol. The number of carbonyl (C=O) groups is 2. The summed E-state index contributed by atoms with van der Waals surface area (Å²) in [7, 11) is 1.59. The Bertz CT molecular complexity index is 1310. The minimum atomic E-state index is -1.22. The van der Waals surface area contributed by atoms with Crippen molar-refractivity contribution in [3.8, 4) is 17.2 Å². The summed E-state index contributed by atoms with van der Waals surface area (Å²) in [5, 5.41) is 11.1. The normalized spacial score (nSPS) is 17.6. The molecule has 8 heteroatoms. The highest BCUT2D eigenvalue weighted by molar-refractivity contribution is 6.07. The lowest BCUT2D eigenvalue weighted by Crippen LogP contribution is -2.46. The van der Waals surface area contributed by atoms with Gasteiger partial charge >= 0.3 is 6.03 Å². The number of nitrogens with zero attached hydrogens (tertiary/aromatic N) is 3. The molecule has 170 valence electrons. The number of hydrogen-bond donors (Lipinski definition) is 1. The Hall–Kier alpha value is -4.46. The first-order chi connectivity index (χ1) is 16.6. The van der Waals surface area contributed by atoms with E-state index in [-0.39, 0.29) is 18.3 Å². The molecule has 1 saturated heterocycles. The SMILES string of the molecule is COc1ccc(-c2nnc(CN3C(=O)N[C@](Cc4ccccc4)(c4ccccc4)C3=O)o2)cc1. The molecule has 1 aliphatic rings. The number of aromatic nitrogens is 2. The molecular weight excluding hydrogens is 432 g/mol. The zero-order valence-electron chi connectivity index (χ0n) is 18.5. The van der Waals surface area contributed by atoms with Crippen molar-refractivity contribution in [2.75, 3.05) is 7.11 Å². The molecule has 1 fully saturated rings. The Morgan fingerprint density at radius 2 is 1.59 bits per heavy atom. The molecule has 1 N–H and O–H groups in total. The zero-order chi connectivity index (χ0) is 23.5. The first kappa shape index (κ1) is 21.4. The summed E-state index contributed by atoms with van der Waals surface area (Å²) in [6.07, 6.45) is 0.319. The molecule has 0 saturated carbocycles. The Labute approximate surface area is 196 Å². The summed E-state index contributed by atoms with van der Waals surface area (Å²) in [5.41, 5.74) is 1.13. The van der Waals surface area contributed by atoms with E-state index >= 15 is 0 Å². The highest BCUT2D eigenvalue weighted by Gasteiger charge is 2.52. The van der Waals surface area contributed by atoms with Gasteiger partial charge in [-0.05, 0) is 35.4 Å². The van der Waals surface area contributed by atoms with E-state index < -0.39 is 11.6 Å². The van der Waals surface area contributed by atoms with E-state index in [4.69, 9.17) is 9.15 Å². The standard InChI is InChI=1S/C26H22N4O4/c1-33-21-14-12-19(13-15-21)23-29-28-22(34-23)17-30-24(31)26(27-25(30)32,20-10-6-3-7-11-20)16-18-8-4-2-5-9-18/h2-15H,16-17H2,1H3,(H,27,32)/t26-/m1/s1. The third-order valence-corrected chi connectivity index (χ3v) is 5.85. The van der Waals surface area contributed by atoms with Crippen LogP contribution in [0.5, 0.6) is 5.75 Å². The second kappa shape index (κ2) is 8.82. The average Bonchev–Trinajstić information content (AvgIpc) is 3.44. The first-order valence-corrected chi connectivity index (χ1v) is 10.8. The lowest BCUT2D eigenvalue weighted by Gasteiger charge is -2.27. The van der Waals surface area contributed by atoms with Crippen LogP contribution >= 0.6 is 0 Å². The third-order valence-electron chi connectivity index (χ3n) is 5.85. The van der Waals surface area contributed by atoms with Crippen molar-refractivity contribution in [3.05, 3.63) is 102 Å². The van der Waals surface area contributed by atoms with Crippen LogP contribution in [0.4, 0.5) is 4.79 Å². The van der Waals surface area contributed by atoms with Crippen LogP contribution in [-0.4, -0.2) is 34.1 Å². The molecule has 8 nitrogen and oxygen atoms in total. The number of benzene rings is 3. The molecule has 0 spiro atoms. The highest BCUT2D eigenvalue weighted by Crippen LogP contribution is 2.34. The topological polar surface area (TPSA) is 97.6 Å². The molecule has 3 aromatic carbocycles. The van der Waals surface area contributed by atoms with E-state index in [1.165, 1.54) is 0 Å². The van der Waals surface area contributed by atoms with Gasteiger partial charge in [-0.3, -0.25) is 9.69 Å². The van der Waals surface area contributed by atoms with Crippen LogP contribution < -0.4 is 10.1 Å². The lowest BCUT2D eigenvalue weighted by atomic mass is 9.83. The third kappa shape index (κ3) is 3.90. The molecular formula is C26H22N4O4. The zero-order valence-corrected chi connectivity index (χ0v) is 18.5. The monoisotopic (exact) mass is 454 g/mol. The molecule has 5 rings (SSSR count). The fourth-order valence-electron chi connectivity index (χ4n) is 4.11. The molecule has 34 heavy (non-hydrogen) atoms. The number of amides is 3. The van der Waals surface area contributed by atoms with E-state index in [2.05, 4.69) is 15.5 Å². The largest absolute Gasteiger partial charge is 0.497 e. The maximum atomic E-state index is 13.7. The second-order valence-corrected chi connectivity index (χ2v) is 7.98. The van der Waals surface area contributed by atoms with Crippen molar-refractivity contribution in [1.82, 2.24) is 20.4 Å². The van der Waals surface area contributed by atoms with Crippen LogP contribution in [0.15, 0.2) is 89.3 Å². The summed E-state index contributed by atoms with van der Waals surface area (Å²) in [6.45, 7) is -0.128. The van der Waals surface area contributed by atoms with Crippen LogP contribution in [0.3, 0.4) is 0 Å². The fourth-order valence-corrected chi connectivity index (χ4v) is 4.11. The van der Waals surface area contributed by atoms with E-state index in [0.29, 0.717) is 29.2 Å². The Kier molecular flexibility index (Phi) is 5.55. The number of carbonyl (C=O) groups excluding carboxylic acids is 2. The first-order valence-electron chi connectivity index (χ1n) is 10.8. The number of urea groups is 1. The number of imide groups is 1. The summed E-state index contributed by atoms with van der Waals surface area (Å²) in [6, 6.07) is 25.5. The predicted octanol–water partition coefficient (Wildman–Crippen LogP) is 3.94. The molecule has 3 amide bonds. The van der Waals surface area contributed by atoms with Crippen LogP contribution in [0.1, 0.15) is 17.0 Å². The van der Waals surface area contributed by atoms with Crippen molar-refractivity contribution in [1.29, 1.82) is 0 Å². The smallest absolute Gasteiger partial charge is 0.325 e. The van der Waals surface area contributed by atoms with Gasteiger partial charge in [-0.25, -0.2) is 4.79 Å². The van der Waals surface area contributed by atoms with Crippen molar-refractivity contribution >= 4 is 11.9 Å². The molecule has 1 atom stereocenters. The van der Waals surface area contributed by atoms with Gasteiger partial charge in [-0.2, -0.15) is 0 Å². The lowest BCUT2D eigenvalue weighted by molar-refractivity contribution is -0.132. The van der Waals surface area contributed by atoms with Crippen LogP contribution in [0, 0.1) is 0 Å². The number of rotatable bonds is 7. The molecule has 1 aliphatic heterocycles. The van der Waals surface area contributed by atoms with Crippen molar-refractivity contribution in [2.24, 2.45) is 0 Å². The van der Waals surface area contributed by atoms with Crippen LogP contribution in [-0.2, 0) is 23.3 Å². The summed E-state index contributed by atoms with van der Waals surface area (Å²) in [4.78, 5) is 27.9. The van der Waals surface area contributed by atoms with Crippen molar-refractivity contribution < 1.29 is 18.7 Å². The number of ether oxygens (including phenoxy) is 1. The molecule has 0 aliphatic carbocycles. The summed E-state index contributed by atoms with van der Waals surface area (Å²) >= 11 is 0. The summed E-state index contributed by atoms with van der Waals surface area (Å²) < 4.78 is 10.9. The Morgan fingerprint density at radius 3 is 2.26 bits per heavy atom. The van der Waals surface area contributed by atoms with Gasteiger partial charge in [0.05, 0.1) is 7.11 Å². The second-order valence-electron chi connectivity index (χ2n) is 7.98. The molecule has 1 aromatic heterocycles. The quantitative estimate of drug-likeness (QED) is 0.425. The van der Waals surface area contributed by atoms with E-state index in [1.807, 2.05) is 60.7 Å². The highest BCUT2D eigenvalue weighted by atomic mass is 16.5. The van der Waals surface area contributed by atoms with Crippen molar-refractivity contribution in [2.45, 2.75) is 18.5 Å². The average molecular weight is 454 g/mol. The number of hydrogen-bond acceptors (Lipinski definition) is 6. The van der Waals surface area contributed by atoms with Crippen molar-refractivity contribution in [3.63, 3.8) is 0 Å². The van der Waals surface area contributed by atoms with E-state index in [0.717, 1.165) is 10.5 Å². The van der Waals surface area contributed by atoms with Gasteiger partial charge in [0.15, 0.2) is 5.54 Å². The van der Waals surface area contributed by atoms with E-state index in [9.17, 15) is 9.59 Å². The fraction of sp³-hybridized carbons (Fsp3) is 0.154.